The van der Waals surface area contributed by atoms with Crippen LogP contribution in [-0.4, -0.2) is 18.1 Å². The Morgan fingerprint density at radius 1 is 1.50 bits per heavy atom. The number of carbonyl (C=O) groups excluding carboxylic acids is 1. The molecule has 1 aliphatic heterocycles. The van der Waals surface area contributed by atoms with Crippen molar-refractivity contribution >= 4 is 39.2 Å². The predicted octanol–water partition coefficient (Wildman–Crippen LogP) is 1.74. The molecule has 7 heteroatoms. The average molecular weight is 356 g/mol. The minimum Gasteiger partial charge on any atom is -0.496 e. The van der Waals surface area contributed by atoms with Crippen LogP contribution in [0.1, 0.15) is 18.5 Å². The number of primary amides is 1. The number of nitrogens with one attached hydrogen (secondary N) is 2. The van der Waals surface area contributed by atoms with Crippen LogP contribution in [0, 0.1) is 0 Å². The lowest BCUT2D eigenvalue weighted by molar-refractivity contribution is -0.115. The van der Waals surface area contributed by atoms with Crippen LogP contribution in [-0.2, 0) is 4.79 Å². The molecule has 0 bridgehead atoms. The summed E-state index contributed by atoms with van der Waals surface area (Å²) < 4.78 is 5.99. The van der Waals surface area contributed by atoms with Gasteiger partial charge in [0.1, 0.15) is 5.75 Å². The molecule has 0 aromatic heterocycles. The molecule has 106 valence electrons. The zero-order valence-corrected chi connectivity index (χ0v) is 13.4. The van der Waals surface area contributed by atoms with Crippen LogP contribution < -0.4 is 21.1 Å². The minimum atomic E-state index is -0.484. The van der Waals surface area contributed by atoms with Gasteiger partial charge in [0, 0.05) is 5.70 Å². The van der Waals surface area contributed by atoms with Gasteiger partial charge in [0.2, 0.25) is 5.91 Å². The maximum Gasteiger partial charge on any atom is 0.248 e. The average Bonchev–Trinajstić information content (AvgIpc) is 2.37. The third-order valence-corrected chi connectivity index (χ3v) is 3.88. The maximum atomic E-state index is 11.7. The summed E-state index contributed by atoms with van der Waals surface area (Å²) in [5.74, 6) is 0.230. The predicted molar refractivity (Wildman–Crippen MR) is 84.2 cm³/mol. The van der Waals surface area contributed by atoms with Crippen molar-refractivity contribution in [2.45, 2.75) is 13.0 Å². The Labute approximate surface area is 130 Å². The Balaban J connectivity index is 2.49. The standard InChI is InChI=1S/C13H14BrN3O2S/c1-6-10(12(15)18)11(17-13(20)16-6)7-3-4-9(19-2)8(14)5-7/h3-5,11H,1-2H3,(H2,15,18)(H2,16,17,20)/t11-/m0/s1. The molecule has 4 N–H and O–H groups in total. The molecule has 2 rings (SSSR count). The number of benzene rings is 1. The van der Waals surface area contributed by atoms with Crippen molar-refractivity contribution < 1.29 is 9.53 Å². The third-order valence-electron chi connectivity index (χ3n) is 3.04. The second-order valence-electron chi connectivity index (χ2n) is 4.33. The first-order valence-corrected chi connectivity index (χ1v) is 7.05. The van der Waals surface area contributed by atoms with Gasteiger partial charge in [-0.05, 0) is 52.8 Å². The van der Waals surface area contributed by atoms with E-state index in [-0.39, 0.29) is 6.04 Å². The van der Waals surface area contributed by atoms with E-state index < -0.39 is 5.91 Å². The zero-order valence-electron chi connectivity index (χ0n) is 11.0. The van der Waals surface area contributed by atoms with Crippen molar-refractivity contribution in [3.05, 3.63) is 39.5 Å². The Morgan fingerprint density at radius 3 is 2.75 bits per heavy atom. The summed E-state index contributed by atoms with van der Waals surface area (Å²) in [5, 5.41) is 6.43. The number of carbonyl (C=O) groups is 1. The number of amides is 1. The quantitative estimate of drug-likeness (QED) is 0.720. The van der Waals surface area contributed by atoms with Crippen molar-refractivity contribution in [3.63, 3.8) is 0 Å². The number of rotatable bonds is 3. The van der Waals surface area contributed by atoms with E-state index in [1.165, 1.54) is 0 Å². The van der Waals surface area contributed by atoms with Gasteiger partial charge in [0.25, 0.3) is 0 Å². The van der Waals surface area contributed by atoms with Gasteiger partial charge >= 0.3 is 0 Å². The first kappa shape index (κ1) is 14.8. The topological polar surface area (TPSA) is 76.4 Å². The van der Waals surface area contributed by atoms with E-state index in [0.29, 0.717) is 22.1 Å². The summed E-state index contributed by atoms with van der Waals surface area (Å²) >= 11 is 8.56. The van der Waals surface area contributed by atoms with Crippen molar-refractivity contribution in [1.82, 2.24) is 10.6 Å². The van der Waals surface area contributed by atoms with E-state index in [4.69, 9.17) is 22.7 Å². The molecule has 1 heterocycles. The number of ether oxygens (including phenoxy) is 1. The summed E-state index contributed by atoms with van der Waals surface area (Å²) in [4.78, 5) is 11.7. The van der Waals surface area contributed by atoms with Crippen molar-refractivity contribution in [2.24, 2.45) is 5.73 Å². The van der Waals surface area contributed by atoms with Gasteiger partial charge in [-0.25, -0.2) is 0 Å². The molecule has 0 aliphatic carbocycles. The fraction of sp³-hybridized carbons (Fsp3) is 0.231. The molecular weight excluding hydrogens is 342 g/mol. The fourth-order valence-electron chi connectivity index (χ4n) is 2.13. The van der Waals surface area contributed by atoms with Gasteiger partial charge < -0.3 is 21.1 Å². The van der Waals surface area contributed by atoms with Crippen LogP contribution >= 0.6 is 28.1 Å². The molecular formula is C13H14BrN3O2S. The summed E-state index contributed by atoms with van der Waals surface area (Å²) in [6.45, 7) is 1.78. The number of nitrogens with two attached hydrogens (primary N) is 1. The SMILES string of the molecule is COc1ccc([C@@H]2NC(=S)NC(C)=C2C(N)=O)cc1Br. The largest absolute Gasteiger partial charge is 0.496 e. The highest BCUT2D eigenvalue weighted by atomic mass is 79.9. The first-order valence-electron chi connectivity index (χ1n) is 5.85. The molecule has 1 aromatic carbocycles. The van der Waals surface area contributed by atoms with E-state index >= 15 is 0 Å². The zero-order chi connectivity index (χ0) is 14.9. The van der Waals surface area contributed by atoms with Crippen LogP contribution in [0.3, 0.4) is 0 Å². The number of halogens is 1. The molecule has 20 heavy (non-hydrogen) atoms. The fourth-order valence-corrected chi connectivity index (χ4v) is 2.96. The maximum absolute atomic E-state index is 11.7. The molecule has 0 unspecified atom stereocenters. The minimum absolute atomic E-state index is 0.372. The number of thiocarbonyl (C=S) groups is 1. The van der Waals surface area contributed by atoms with Crippen LogP contribution in [0.2, 0.25) is 0 Å². The van der Waals surface area contributed by atoms with E-state index in [9.17, 15) is 4.79 Å². The van der Waals surface area contributed by atoms with Crippen LogP contribution in [0.25, 0.3) is 0 Å². The number of methoxy groups -OCH3 is 1. The summed E-state index contributed by atoms with van der Waals surface area (Å²) in [7, 11) is 1.59. The second-order valence-corrected chi connectivity index (χ2v) is 5.59. The van der Waals surface area contributed by atoms with E-state index in [1.54, 1.807) is 14.0 Å². The van der Waals surface area contributed by atoms with Crippen molar-refractivity contribution in [3.8, 4) is 5.75 Å². The molecule has 5 nitrogen and oxygen atoms in total. The highest BCUT2D eigenvalue weighted by Crippen LogP contribution is 2.32. The Morgan fingerprint density at radius 2 is 2.20 bits per heavy atom. The lowest BCUT2D eigenvalue weighted by Crippen LogP contribution is -2.46. The van der Waals surface area contributed by atoms with Gasteiger partial charge in [-0.15, -0.1) is 0 Å². The monoisotopic (exact) mass is 355 g/mol. The van der Waals surface area contributed by atoms with Gasteiger partial charge in [-0.3, -0.25) is 4.79 Å². The first-order chi connectivity index (χ1) is 9.43. The molecule has 1 atom stereocenters. The van der Waals surface area contributed by atoms with Gasteiger partial charge in [-0.2, -0.15) is 0 Å². The third kappa shape index (κ3) is 2.78. The molecule has 0 saturated carbocycles. The Kier molecular flexibility index (Phi) is 4.29. The van der Waals surface area contributed by atoms with Gasteiger partial charge in [0.15, 0.2) is 5.11 Å². The smallest absolute Gasteiger partial charge is 0.248 e. The lowest BCUT2D eigenvalue weighted by atomic mass is 9.95. The molecule has 0 saturated heterocycles. The lowest BCUT2D eigenvalue weighted by Gasteiger charge is -2.29. The molecule has 1 aliphatic rings. The molecule has 0 spiro atoms. The van der Waals surface area contributed by atoms with Crippen LogP contribution in [0.15, 0.2) is 33.9 Å². The van der Waals surface area contributed by atoms with Crippen molar-refractivity contribution in [2.75, 3.05) is 7.11 Å². The van der Waals surface area contributed by atoms with Gasteiger partial charge in [-0.1, -0.05) is 6.07 Å². The highest BCUT2D eigenvalue weighted by Gasteiger charge is 2.28. The highest BCUT2D eigenvalue weighted by molar-refractivity contribution is 9.10. The van der Waals surface area contributed by atoms with Crippen LogP contribution in [0.4, 0.5) is 0 Å². The van der Waals surface area contributed by atoms with Crippen LogP contribution in [0.5, 0.6) is 5.75 Å². The van der Waals surface area contributed by atoms with E-state index in [1.807, 2.05) is 18.2 Å². The summed E-state index contributed by atoms with van der Waals surface area (Å²) in [6.07, 6.45) is 0. The molecule has 1 aromatic rings. The Bertz CT molecular complexity index is 616. The number of allylic oxidation sites excluding steroid dienone is 1. The molecule has 0 fully saturated rings. The van der Waals surface area contributed by atoms with Crippen molar-refractivity contribution in [1.29, 1.82) is 0 Å². The van der Waals surface area contributed by atoms with E-state index in [0.717, 1.165) is 10.0 Å². The Hall–Kier alpha value is -1.60. The summed E-state index contributed by atoms with van der Waals surface area (Å²) in [5.41, 5.74) is 7.47. The number of hydrogen-bond donors (Lipinski definition) is 3. The number of hydrogen-bond acceptors (Lipinski definition) is 3. The van der Waals surface area contributed by atoms with E-state index in [2.05, 4.69) is 26.6 Å². The summed E-state index contributed by atoms with van der Waals surface area (Å²) in [6, 6.07) is 5.19. The normalized spacial score (nSPS) is 18.4. The molecule has 1 amide bonds. The second kappa shape index (κ2) is 5.80. The molecule has 0 radical (unpaired) electrons. The van der Waals surface area contributed by atoms with Gasteiger partial charge in [0.05, 0.1) is 23.2 Å².